The van der Waals surface area contributed by atoms with E-state index in [1.54, 1.807) is 24.2 Å². The highest BCUT2D eigenvalue weighted by Crippen LogP contribution is 2.35. The van der Waals surface area contributed by atoms with Crippen molar-refractivity contribution in [3.63, 3.8) is 0 Å². The van der Waals surface area contributed by atoms with Gasteiger partial charge in [-0.1, -0.05) is 27.2 Å². The topological polar surface area (TPSA) is 119 Å². The lowest BCUT2D eigenvalue weighted by Crippen LogP contribution is -2.64. The molecule has 2 heterocycles. The Hall–Kier alpha value is -2.37. The Bertz CT molecular complexity index is 966. The summed E-state index contributed by atoms with van der Waals surface area (Å²) in [5.41, 5.74) is 2.55. The number of sulfonamides is 1. The summed E-state index contributed by atoms with van der Waals surface area (Å²) in [4.78, 5) is 28.8. The van der Waals surface area contributed by atoms with Crippen LogP contribution < -0.4 is 15.1 Å². The summed E-state index contributed by atoms with van der Waals surface area (Å²) >= 11 is 0. The molecule has 35 heavy (non-hydrogen) atoms. The van der Waals surface area contributed by atoms with Crippen LogP contribution in [0.2, 0.25) is 0 Å². The van der Waals surface area contributed by atoms with Crippen LogP contribution in [0.1, 0.15) is 46.5 Å². The van der Waals surface area contributed by atoms with Crippen molar-refractivity contribution >= 4 is 27.5 Å². The van der Waals surface area contributed by atoms with Gasteiger partial charge in [-0.15, -0.1) is 0 Å². The van der Waals surface area contributed by atoms with Gasteiger partial charge in [-0.3, -0.25) is 14.8 Å². The van der Waals surface area contributed by atoms with E-state index in [9.17, 15) is 23.2 Å². The highest BCUT2D eigenvalue weighted by molar-refractivity contribution is 7.91. The van der Waals surface area contributed by atoms with Gasteiger partial charge in [-0.05, 0) is 43.5 Å². The Morgan fingerprint density at radius 3 is 2.17 bits per heavy atom. The van der Waals surface area contributed by atoms with E-state index >= 15 is 0 Å². The predicted octanol–water partition coefficient (Wildman–Crippen LogP) is 1.84. The van der Waals surface area contributed by atoms with Crippen LogP contribution in [0.3, 0.4) is 0 Å². The zero-order valence-electron chi connectivity index (χ0n) is 20.9. The number of hydrogen-bond donors (Lipinski definition) is 2. The minimum Gasteiger partial charge on any atom is -0.494 e. The third-order valence-corrected chi connectivity index (χ3v) is 9.56. The summed E-state index contributed by atoms with van der Waals surface area (Å²) in [5.74, 6) is -0.412. The van der Waals surface area contributed by atoms with E-state index in [2.05, 4.69) is 11.8 Å². The molecule has 0 spiro atoms. The maximum atomic E-state index is 13.7. The zero-order chi connectivity index (χ0) is 25.6. The molecule has 3 rings (SSSR count). The monoisotopic (exact) mass is 510 g/mol. The van der Waals surface area contributed by atoms with Crippen LogP contribution in [0.25, 0.3) is 0 Å². The van der Waals surface area contributed by atoms with Crippen molar-refractivity contribution < 1.29 is 28.0 Å². The summed E-state index contributed by atoms with van der Waals surface area (Å²) < 4.78 is 32.7. The van der Waals surface area contributed by atoms with E-state index in [4.69, 9.17) is 4.74 Å². The smallest absolute Gasteiger partial charge is 0.266 e. The van der Waals surface area contributed by atoms with Crippen LogP contribution in [0, 0.1) is 5.92 Å². The molecule has 0 radical (unpaired) electrons. The number of nitrogens with one attached hydrogen (secondary N) is 1. The number of rotatable bonds is 9. The number of hydroxylamine groups is 1. The predicted molar refractivity (Wildman–Crippen MR) is 133 cm³/mol. The lowest BCUT2D eigenvalue weighted by molar-refractivity contribution is -0.139. The average molecular weight is 511 g/mol. The Kier molecular flexibility index (Phi) is 9.00. The number of benzene rings is 1. The van der Waals surface area contributed by atoms with Crippen molar-refractivity contribution in [1.82, 2.24) is 14.7 Å². The molecule has 1 aromatic carbocycles. The van der Waals surface area contributed by atoms with Crippen molar-refractivity contribution in [1.29, 1.82) is 0 Å². The molecule has 0 aromatic heterocycles. The van der Waals surface area contributed by atoms with E-state index in [-0.39, 0.29) is 50.8 Å². The second-order valence-corrected chi connectivity index (χ2v) is 11.8. The lowest BCUT2D eigenvalue weighted by atomic mass is 9.94. The third-order valence-electron chi connectivity index (χ3n) is 6.93. The summed E-state index contributed by atoms with van der Waals surface area (Å²) in [6, 6.07) is 7.77. The van der Waals surface area contributed by atoms with E-state index in [0.29, 0.717) is 19.7 Å². The molecule has 2 amide bonds. The molecule has 2 aliphatic rings. The second kappa shape index (κ2) is 11.6. The van der Waals surface area contributed by atoms with Gasteiger partial charge in [0.25, 0.3) is 5.91 Å². The molecule has 0 unspecified atom stereocenters. The molecule has 10 nitrogen and oxygen atoms in total. The van der Waals surface area contributed by atoms with Gasteiger partial charge < -0.3 is 14.5 Å². The minimum atomic E-state index is -4.08. The van der Waals surface area contributed by atoms with Crippen molar-refractivity contribution in [2.24, 2.45) is 5.92 Å². The molecule has 0 saturated carbocycles. The highest BCUT2D eigenvalue weighted by atomic mass is 32.2. The van der Waals surface area contributed by atoms with Gasteiger partial charge in [0.2, 0.25) is 15.9 Å². The Morgan fingerprint density at radius 1 is 1.06 bits per heavy atom. The number of ether oxygens (including phenoxy) is 1. The number of likely N-dealkylation sites (tertiary alicyclic amines) is 1. The highest BCUT2D eigenvalue weighted by Gasteiger charge is 2.55. The number of carbonyl (C=O) groups excluding carboxylic acids is 2. The third kappa shape index (κ3) is 5.73. The van der Waals surface area contributed by atoms with E-state index < -0.39 is 20.7 Å². The number of piperazine rings is 1. The molecule has 0 aliphatic carbocycles. The SMILES string of the molecule is CCCCOc1ccc(N2CCN(S(=O)(=O)C3(C(=O)NO)CCN(C(=O)C(C)C)CC3)CC2)cc1. The molecule has 0 atom stereocenters. The van der Waals surface area contributed by atoms with Crippen LogP contribution in [0.5, 0.6) is 5.75 Å². The fraction of sp³-hybridized carbons (Fsp3) is 0.667. The molecule has 196 valence electrons. The van der Waals surface area contributed by atoms with Crippen molar-refractivity contribution in [2.45, 2.75) is 51.2 Å². The summed E-state index contributed by atoms with van der Waals surface area (Å²) in [7, 11) is -4.08. The Morgan fingerprint density at radius 2 is 1.66 bits per heavy atom. The summed E-state index contributed by atoms with van der Waals surface area (Å²) in [6.45, 7) is 8.07. The number of piperidine rings is 1. The molecular formula is C24H38N4O6S. The number of hydrogen-bond acceptors (Lipinski definition) is 7. The normalized spacial score (nSPS) is 19.0. The second-order valence-electron chi connectivity index (χ2n) is 9.50. The lowest BCUT2D eigenvalue weighted by Gasteiger charge is -2.44. The molecular weight excluding hydrogens is 472 g/mol. The van der Waals surface area contributed by atoms with E-state index in [1.807, 2.05) is 24.3 Å². The summed E-state index contributed by atoms with van der Waals surface area (Å²) in [5, 5.41) is 9.38. The maximum Gasteiger partial charge on any atom is 0.266 e. The minimum absolute atomic E-state index is 0.0557. The van der Waals surface area contributed by atoms with E-state index in [0.717, 1.165) is 24.3 Å². The first-order valence-electron chi connectivity index (χ1n) is 12.4. The molecule has 0 bridgehead atoms. The van der Waals surface area contributed by atoms with Crippen molar-refractivity contribution in [3.05, 3.63) is 24.3 Å². The van der Waals surface area contributed by atoms with Gasteiger partial charge in [0, 0.05) is 50.9 Å². The van der Waals surface area contributed by atoms with Gasteiger partial charge >= 0.3 is 0 Å². The number of amides is 2. The van der Waals surface area contributed by atoms with Gasteiger partial charge in [-0.2, -0.15) is 4.31 Å². The molecule has 11 heteroatoms. The number of unbranched alkanes of at least 4 members (excludes halogenated alkanes) is 1. The summed E-state index contributed by atoms with van der Waals surface area (Å²) in [6.07, 6.45) is 1.96. The standard InChI is InChI=1S/C24H38N4O6S/c1-4-5-18-34-21-8-6-20(7-9-21)26-14-16-28(17-15-26)35(32,33)24(23(30)25-31)10-12-27(13-11-24)22(29)19(2)3/h6-9,19,31H,4-5,10-18H2,1-3H3,(H,25,30). The van der Waals surface area contributed by atoms with Crippen LogP contribution in [0.4, 0.5) is 5.69 Å². The van der Waals surface area contributed by atoms with Crippen LogP contribution in [-0.2, 0) is 19.6 Å². The zero-order valence-corrected chi connectivity index (χ0v) is 21.7. The largest absolute Gasteiger partial charge is 0.494 e. The van der Waals surface area contributed by atoms with Gasteiger partial charge in [0.05, 0.1) is 6.61 Å². The van der Waals surface area contributed by atoms with Gasteiger partial charge in [0.15, 0.2) is 4.75 Å². The van der Waals surface area contributed by atoms with Crippen molar-refractivity contribution in [2.75, 3.05) is 50.8 Å². The van der Waals surface area contributed by atoms with Crippen molar-refractivity contribution in [3.8, 4) is 5.75 Å². The molecule has 1 aromatic rings. The molecule has 2 saturated heterocycles. The van der Waals surface area contributed by atoms with Gasteiger partial charge in [0.1, 0.15) is 5.75 Å². The van der Waals surface area contributed by atoms with Crippen LogP contribution >= 0.6 is 0 Å². The number of anilines is 1. The van der Waals surface area contributed by atoms with E-state index in [1.165, 1.54) is 4.31 Å². The fourth-order valence-electron chi connectivity index (χ4n) is 4.68. The first kappa shape index (κ1) is 27.2. The number of nitrogens with zero attached hydrogens (tertiary/aromatic N) is 3. The Balaban J connectivity index is 1.67. The quantitative estimate of drug-likeness (QED) is 0.296. The Labute approximate surface area is 208 Å². The van der Waals surface area contributed by atoms with Crippen LogP contribution in [-0.4, -0.2) is 85.3 Å². The maximum absolute atomic E-state index is 13.7. The first-order valence-corrected chi connectivity index (χ1v) is 13.8. The first-order chi connectivity index (χ1) is 16.7. The number of carbonyl (C=O) groups is 2. The molecule has 2 aliphatic heterocycles. The van der Waals surface area contributed by atoms with Gasteiger partial charge in [-0.25, -0.2) is 13.9 Å². The average Bonchev–Trinajstić information content (AvgIpc) is 2.88. The molecule has 2 N–H and O–H groups in total. The fourth-order valence-corrected chi connectivity index (χ4v) is 6.80. The van der Waals surface area contributed by atoms with Crippen LogP contribution in [0.15, 0.2) is 24.3 Å². The molecule has 2 fully saturated rings.